The molecule has 0 aliphatic carbocycles. The van der Waals surface area contributed by atoms with Crippen LogP contribution in [0.15, 0.2) is 0 Å². The molecule has 0 fully saturated rings. The maximum atomic E-state index is 12.7. The highest BCUT2D eigenvalue weighted by Gasteiger charge is 2.34. The summed E-state index contributed by atoms with van der Waals surface area (Å²) in [4.78, 5) is 32.2. The first-order valence-corrected chi connectivity index (χ1v) is 11.5. The van der Waals surface area contributed by atoms with Crippen LogP contribution < -0.4 is 10.6 Å². The lowest BCUT2D eigenvalue weighted by Gasteiger charge is -2.25. The van der Waals surface area contributed by atoms with Crippen LogP contribution in [-0.4, -0.2) is 34.9 Å². The molecular weight excluding hydrogens is 388 g/mol. The van der Waals surface area contributed by atoms with Gasteiger partial charge in [-0.1, -0.05) is 26.7 Å². The standard InChI is InChI=1S/C25H40N4O2/c1-9-11-13-26-23(30)19-15(3)17(5)21(28-19)25(7,8)22-18(6)16(4)20(29-22)24(31)27-14-12-10-2/h28-29H,9-14H2,1-8H3,(H,26,30)(H,27,31). The topological polar surface area (TPSA) is 89.8 Å². The van der Waals surface area contributed by atoms with E-state index in [-0.39, 0.29) is 11.8 Å². The molecule has 0 radical (unpaired) electrons. The predicted octanol–water partition coefficient (Wildman–Crippen LogP) is 4.96. The van der Waals surface area contributed by atoms with Crippen molar-refractivity contribution in [3.8, 4) is 0 Å². The summed E-state index contributed by atoms with van der Waals surface area (Å²) >= 11 is 0. The number of rotatable bonds is 10. The molecule has 0 unspecified atom stereocenters. The Hall–Kier alpha value is -2.50. The summed E-state index contributed by atoms with van der Waals surface area (Å²) in [5, 5.41) is 6.01. The summed E-state index contributed by atoms with van der Waals surface area (Å²) in [5.74, 6) is -0.127. The van der Waals surface area contributed by atoms with Crippen molar-refractivity contribution in [2.45, 2.75) is 86.5 Å². The fourth-order valence-electron chi connectivity index (χ4n) is 4.14. The van der Waals surface area contributed by atoms with Crippen molar-refractivity contribution in [2.24, 2.45) is 0 Å². The van der Waals surface area contributed by atoms with Crippen LogP contribution in [0.4, 0.5) is 0 Å². The van der Waals surface area contributed by atoms with Crippen molar-refractivity contribution in [2.75, 3.05) is 13.1 Å². The Morgan fingerprint density at radius 2 is 1.06 bits per heavy atom. The Kier molecular flexibility index (Phi) is 8.15. The molecule has 6 nitrogen and oxygen atoms in total. The molecule has 2 amide bonds. The molecule has 0 bridgehead atoms. The molecule has 0 saturated carbocycles. The lowest BCUT2D eigenvalue weighted by molar-refractivity contribution is 0.0940. The third-order valence-electron chi connectivity index (χ3n) is 6.46. The number of aromatic amines is 2. The molecule has 0 aromatic carbocycles. The van der Waals surface area contributed by atoms with E-state index in [0.717, 1.165) is 59.3 Å². The first kappa shape index (κ1) is 24.8. The summed E-state index contributed by atoms with van der Waals surface area (Å²) in [6.45, 7) is 17.9. The number of unbranched alkanes of at least 4 members (excludes halogenated alkanes) is 2. The Morgan fingerprint density at radius 3 is 1.39 bits per heavy atom. The van der Waals surface area contributed by atoms with Gasteiger partial charge in [-0.25, -0.2) is 0 Å². The van der Waals surface area contributed by atoms with E-state index in [4.69, 9.17) is 0 Å². The van der Waals surface area contributed by atoms with E-state index in [9.17, 15) is 9.59 Å². The van der Waals surface area contributed by atoms with E-state index in [1.54, 1.807) is 0 Å². The van der Waals surface area contributed by atoms with Gasteiger partial charge in [0, 0.05) is 29.9 Å². The van der Waals surface area contributed by atoms with Gasteiger partial charge >= 0.3 is 0 Å². The van der Waals surface area contributed by atoms with Crippen LogP contribution in [0.5, 0.6) is 0 Å². The van der Waals surface area contributed by atoms with E-state index in [2.05, 4.69) is 62.1 Å². The molecule has 0 aliphatic heterocycles. The second kappa shape index (κ2) is 10.2. The number of amides is 2. The highest BCUT2D eigenvalue weighted by molar-refractivity contribution is 5.95. The average molecular weight is 429 g/mol. The zero-order valence-corrected chi connectivity index (χ0v) is 20.6. The Morgan fingerprint density at radius 1 is 0.710 bits per heavy atom. The minimum absolute atomic E-state index is 0.0634. The second-order valence-electron chi connectivity index (χ2n) is 9.09. The zero-order chi connectivity index (χ0) is 23.3. The van der Waals surface area contributed by atoms with Gasteiger partial charge in [-0.3, -0.25) is 9.59 Å². The first-order chi connectivity index (χ1) is 14.6. The number of H-pyrrole nitrogens is 2. The molecule has 4 N–H and O–H groups in total. The van der Waals surface area contributed by atoms with Crippen molar-refractivity contribution < 1.29 is 9.59 Å². The maximum Gasteiger partial charge on any atom is 0.267 e. The van der Waals surface area contributed by atoms with Gasteiger partial charge in [0.05, 0.1) is 0 Å². The van der Waals surface area contributed by atoms with Crippen molar-refractivity contribution in [3.63, 3.8) is 0 Å². The fourth-order valence-corrected chi connectivity index (χ4v) is 4.14. The van der Waals surface area contributed by atoms with Crippen molar-refractivity contribution >= 4 is 11.8 Å². The molecule has 2 aromatic heterocycles. The van der Waals surface area contributed by atoms with E-state index in [1.165, 1.54) is 0 Å². The number of hydrogen-bond acceptors (Lipinski definition) is 2. The van der Waals surface area contributed by atoms with Crippen molar-refractivity contribution in [3.05, 3.63) is 45.0 Å². The highest BCUT2D eigenvalue weighted by atomic mass is 16.2. The minimum atomic E-state index is -0.423. The fraction of sp³-hybridized carbons (Fsp3) is 0.600. The van der Waals surface area contributed by atoms with E-state index >= 15 is 0 Å². The molecule has 2 aromatic rings. The van der Waals surface area contributed by atoms with Crippen LogP contribution in [0, 0.1) is 27.7 Å². The number of aromatic nitrogens is 2. The molecule has 172 valence electrons. The molecule has 6 heteroatoms. The van der Waals surface area contributed by atoms with Gasteiger partial charge in [0.25, 0.3) is 11.8 Å². The molecule has 0 spiro atoms. The van der Waals surface area contributed by atoms with Gasteiger partial charge in [0.1, 0.15) is 11.4 Å². The molecule has 0 aliphatic rings. The summed E-state index contributed by atoms with van der Waals surface area (Å²) in [5.41, 5.74) is 6.89. The predicted molar refractivity (Wildman–Crippen MR) is 127 cm³/mol. The number of carbonyl (C=O) groups excluding carboxylic acids is 2. The highest BCUT2D eigenvalue weighted by Crippen LogP contribution is 2.37. The molecular formula is C25H40N4O2. The van der Waals surface area contributed by atoms with Crippen LogP contribution >= 0.6 is 0 Å². The minimum Gasteiger partial charge on any atom is -0.353 e. The van der Waals surface area contributed by atoms with Crippen LogP contribution in [0.25, 0.3) is 0 Å². The van der Waals surface area contributed by atoms with Gasteiger partial charge in [-0.2, -0.15) is 0 Å². The number of carbonyl (C=O) groups is 2. The van der Waals surface area contributed by atoms with Gasteiger partial charge in [-0.15, -0.1) is 0 Å². The third-order valence-corrected chi connectivity index (χ3v) is 6.46. The Bertz CT molecular complexity index is 860. The summed E-state index contributed by atoms with van der Waals surface area (Å²) in [6.07, 6.45) is 4.02. The van der Waals surface area contributed by atoms with Gasteiger partial charge in [0.15, 0.2) is 0 Å². The summed E-state index contributed by atoms with van der Waals surface area (Å²) < 4.78 is 0. The lowest BCUT2D eigenvalue weighted by Crippen LogP contribution is -2.27. The summed E-state index contributed by atoms with van der Waals surface area (Å²) in [7, 11) is 0. The smallest absolute Gasteiger partial charge is 0.267 e. The zero-order valence-electron chi connectivity index (χ0n) is 20.6. The van der Waals surface area contributed by atoms with Gasteiger partial charge in [-0.05, 0) is 76.6 Å². The quantitative estimate of drug-likeness (QED) is 0.403. The number of hydrogen-bond donors (Lipinski definition) is 4. The SMILES string of the molecule is CCCCNC(=O)c1[nH]c(C(C)(C)c2[nH]c(C(=O)NCCCC)c(C)c2C)c(C)c1C. The second-order valence-corrected chi connectivity index (χ2v) is 9.09. The van der Waals surface area contributed by atoms with E-state index in [0.29, 0.717) is 24.5 Å². The van der Waals surface area contributed by atoms with Crippen LogP contribution in [0.1, 0.15) is 108 Å². The van der Waals surface area contributed by atoms with Crippen LogP contribution in [-0.2, 0) is 5.41 Å². The van der Waals surface area contributed by atoms with Crippen molar-refractivity contribution in [1.29, 1.82) is 0 Å². The Labute approximate surface area is 187 Å². The lowest BCUT2D eigenvalue weighted by atomic mass is 9.81. The van der Waals surface area contributed by atoms with Crippen LogP contribution in [0.3, 0.4) is 0 Å². The number of nitrogens with one attached hydrogen (secondary N) is 4. The molecule has 0 saturated heterocycles. The average Bonchev–Trinajstić information content (AvgIpc) is 3.20. The van der Waals surface area contributed by atoms with E-state index < -0.39 is 5.41 Å². The van der Waals surface area contributed by atoms with E-state index in [1.807, 2.05) is 13.8 Å². The molecule has 2 heterocycles. The normalized spacial score (nSPS) is 11.6. The monoisotopic (exact) mass is 428 g/mol. The Balaban J connectivity index is 2.39. The van der Waals surface area contributed by atoms with Crippen LogP contribution in [0.2, 0.25) is 0 Å². The van der Waals surface area contributed by atoms with Crippen molar-refractivity contribution in [1.82, 2.24) is 20.6 Å². The maximum absolute atomic E-state index is 12.7. The van der Waals surface area contributed by atoms with Gasteiger partial charge in [0.2, 0.25) is 0 Å². The first-order valence-electron chi connectivity index (χ1n) is 11.5. The summed E-state index contributed by atoms with van der Waals surface area (Å²) in [6, 6.07) is 0. The molecule has 31 heavy (non-hydrogen) atoms. The molecule has 2 rings (SSSR count). The molecule has 0 atom stereocenters. The third kappa shape index (κ3) is 5.05. The van der Waals surface area contributed by atoms with Gasteiger partial charge < -0.3 is 20.6 Å². The largest absolute Gasteiger partial charge is 0.353 e.